The molecule has 1 N–H and O–H groups in total. The number of benzene rings is 1. The van der Waals surface area contributed by atoms with E-state index in [0.29, 0.717) is 21.4 Å². The Labute approximate surface area is 170 Å². The van der Waals surface area contributed by atoms with Crippen LogP contribution in [0, 0.1) is 6.92 Å². The van der Waals surface area contributed by atoms with Crippen LogP contribution in [0.3, 0.4) is 0 Å². The van der Waals surface area contributed by atoms with Crippen LogP contribution >= 0.6 is 35.6 Å². The van der Waals surface area contributed by atoms with Gasteiger partial charge >= 0.3 is 0 Å². The van der Waals surface area contributed by atoms with Gasteiger partial charge in [0.1, 0.15) is 15.8 Å². The molecule has 1 aliphatic rings. The Balaban J connectivity index is 1.79. The molecule has 1 amide bonds. The summed E-state index contributed by atoms with van der Waals surface area (Å²) in [5, 5.41) is 0.630. The fraction of sp³-hybridized carbons (Fsp3) is 0.176. The first-order valence-electron chi connectivity index (χ1n) is 7.71. The lowest BCUT2D eigenvalue weighted by molar-refractivity contribution is -0.121. The molecule has 0 radical (unpaired) electrons. The van der Waals surface area contributed by atoms with Gasteiger partial charge in [-0.3, -0.25) is 14.2 Å². The summed E-state index contributed by atoms with van der Waals surface area (Å²) in [6.07, 6.45) is 1.55. The summed E-state index contributed by atoms with van der Waals surface area (Å²) in [5.41, 5.74) is 1.77. The lowest BCUT2D eigenvalue weighted by Gasteiger charge is -2.12. The van der Waals surface area contributed by atoms with Gasteiger partial charge in [0, 0.05) is 23.2 Å². The van der Waals surface area contributed by atoms with Crippen molar-refractivity contribution in [3.05, 3.63) is 51.6 Å². The molecule has 3 rings (SSSR count). The number of halogens is 1. The van der Waals surface area contributed by atoms with Gasteiger partial charge in [-0.25, -0.2) is 0 Å². The summed E-state index contributed by atoms with van der Waals surface area (Å²) >= 11 is 12.3. The Kier molecular flexibility index (Phi) is 5.78. The van der Waals surface area contributed by atoms with Gasteiger partial charge in [-0.05, 0) is 30.7 Å². The van der Waals surface area contributed by atoms with Crippen LogP contribution in [0.1, 0.15) is 11.3 Å². The Morgan fingerprint density at radius 2 is 2.07 bits per heavy atom. The van der Waals surface area contributed by atoms with E-state index >= 15 is 0 Å². The van der Waals surface area contributed by atoms with Crippen molar-refractivity contribution in [3.8, 4) is 11.3 Å². The van der Waals surface area contributed by atoms with Crippen LogP contribution in [0.25, 0.3) is 17.4 Å². The molecular weight excluding hydrogens is 430 g/mol. The van der Waals surface area contributed by atoms with Crippen LogP contribution in [0.5, 0.6) is 0 Å². The van der Waals surface area contributed by atoms with Crippen molar-refractivity contribution in [2.45, 2.75) is 6.92 Å². The molecule has 1 aliphatic heterocycles. The lowest BCUT2D eigenvalue weighted by Crippen LogP contribution is -2.32. The molecule has 1 aromatic heterocycles. The molecule has 2 aromatic rings. The van der Waals surface area contributed by atoms with E-state index in [-0.39, 0.29) is 10.9 Å². The van der Waals surface area contributed by atoms with Crippen molar-refractivity contribution in [1.82, 2.24) is 4.90 Å². The van der Waals surface area contributed by atoms with Gasteiger partial charge in [0.15, 0.2) is 0 Å². The van der Waals surface area contributed by atoms with Crippen molar-refractivity contribution in [1.29, 1.82) is 0 Å². The quantitative estimate of drug-likeness (QED) is 0.424. The Morgan fingerprint density at radius 3 is 2.74 bits per heavy atom. The first kappa shape index (κ1) is 20.1. The molecular formula is C17H14ClNO5S3. The highest BCUT2D eigenvalue weighted by Crippen LogP contribution is 2.34. The highest BCUT2D eigenvalue weighted by Gasteiger charge is 2.32. The summed E-state index contributed by atoms with van der Waals surface area (Å²) in [5.74, 6) is 0.0539. The Morgan fingerprint density at radius 1 is 1.33 bits per heavy atom. The summed E-state index contributed by atoms with van der Waals surface area (Å²) < 4.78 is 36.6. The van der Waals surface area contributed by atoms with Crippen molar-refractivity contribution in [2.24, 2.45) is 0 Å². The van der Waals surface area contributed by atoms with Crippen LogP contribution in [0.2, 0.25) is 5.02 Å². The first-order valence-corrected chi connectivity index (χ1v) is 10.9. The van der Waals surface area contributed by atoms with E-state index < -0.39 is 21.8 Å². The molecule has 27 heavy (non-hydrogen) atoms. The largest absolute Gasteiger partial charge is 0.457 e. The van der Waals surface area contributed by atoms with Gasteiger partial charge in [-0.15, -0.1) is 0 Å². The zero-order chi connectivity index (χ0) is 19.8. The number of aryl methyl sites for hydroxylation is 1. The van der Waals surface area contributed by atoms with Gasteiger partial charge in [0.05, 0.1) is 10.7 Å². The molecule has 10 heteroatoms. The van der Waals surface area contributed by atoms with E-state index in [2.05, 4.69) is 0 Å². The normalized spacial score (nSPS) is 16.6. The van der Waals surface area contributed by atoms with Crippen LogP contribution in [-0.2, 0) is 14.9 Å². The molecule has 2 heterocycles. The molecule has 6 nitrogen and oxygen atoms in total. The Hall–Kier alpha value is -1.65. The molecule has 0 atom stereocenters. The minimum Gasteiger partial charge on any atom is -0.457 e. The summed E-state index contributed by atoms with van der Waals surface area (Å²) in [4.78, 5) is 13.9. The van der Waals surface area contributed by atoms with E-state index in [1.807, 2.05) is 19.1 Å². The third kappa shape index (κ3) is 4.80. The zero-order valence-electron chi connectivity index (χ0n) is 14.0. The number of thioether (sulfide) groups is 1. The summed E-state index contributed by atoms with van der Waals surface area (Å²) in [7, 11) is -4.18. The highest BCUT2D eigenvalue weighted by molar-refractivity contribution is 8.26. The Bertz CT molecular complexity index is 1060. The maximum atomic E-state index is 12.4. The predicted molar refractivity (Wildman–Crippen MR) is 110 cm³/mol. The van der Waals surface area contributed by atoms with Crippen LogP contribution < -0.4 is 0 Å². The van der Waals surface area contributed by atoms with Gasteiger partial charge in [-0.2, -0.15) is 8.42 Å². The average molecular weight is 444 g/mol. The topological polar surface area (TPSA) is 87.8 Å². The second kappa shape index (κ2) is 7.76. The third-order valence-corrected chi connectivity index (χ3v) is 6.29. The van der Waals surface area contributed by atoms with Crippen LogP contribution in [0.4, 0.5) is 0 Å². The molecule has 1 aromatic carbocycles. The van der Waals surface area contributed by atoms with Crippen molar-refractivity contribution in [3.63, 3.8) is 0 Å². The van der Waals surface area contributed by atoms with Crippen molar-refractivity contribution >= 4 is 62.0 Å². The molecule has 0 spiro atoms. The smallest absolute Gasteiger partial charge is 0.266 e. The SMILES string of the molecule is Cc1ccc(-c2ccc(/C=C3\SC(=S)N(CCS(=O)(=O)O)C3=O)o2)cc1Cl. The lowest BCUT2D eigenvalue weighted by atomic mass is 10.1. The fourth-order valence-electron chi connectivity index (χ4n) is 2.36. The van der Waals surface area contributed by atoms with Gasteiger partial charge < -0.3 is 4.42 Å². The summed E-state index contributed by atoms with van der Waals surface area (Å²) in [6, 6.07) is 9.06. The molecule has 0 aliphatic carbocycles. The van der Waals surface area contributed by atoms with Crippen molar-refractivity contribution in [2.75, 3.05) is 12.3 Å². The second-order valence-corrected chi connectivity index (χ2v) is 9.44. The van der Waals surface area contributed by atoms with E-state index in [1.165, 1.54) is 0 Å². The van der Waals surface area contributed by atoms with Crippen LogP contribution in [0.15, 0.2) is 39.7 Å². The average Bonchev–Trinajstić information content (AvgIpc) is 3.13. The minimum atomic E-state index is -4.18. The van der Waals surface area contributed by atoms with Gasteiger partial charge in [0.25, 0.3) is 16.0 Å². The number of thiocarbonyl (C=S) groups is 1. The molecule has 142 valence electrons. The molecule has 1 fully saturated rings. The van der Waals surface area contributed by atoms with E-state index in [9.17, 15) is 13.2 Å². The number of nitrogens with zero attached hydrogens (tertiary/aromatic N) is 1. The molecule has 0 saturated carbocycles. The number of carbonyl (C=O) groups is 1. The van der Waals surface area contributed by atoms with E-state index in [0.717, 1.165) is 27.8 Å². The number of hydrogen-bond acceptors (Lipinski definition) is 6. The van der Waals surface area contributed by atoms with E-state index in [4.69, 9.17) is 32.8 Å². The second-order valence-electron chi connectivity index (χ2n) is 5.79. The monoisotopic (exact) mass is 443 g/mol. The molecule has 1 saturated heterocycles. The van der Waals surface area contributed by atoms with Gasteiger partial charge in [0.2, 0.25) is 0 Å². The highest BCUT2D eigenvalue weighted by atomic mass is 35.5. The number of furan rings is 1. The predicted octanol–water partition coefficient (Wildman–Crippen LogP) is 4.00. The zero-order valence-corrected chi connectivity index (χ0v) is 17.2. The maximum Gasteiger partial charge on any atom is 0.266 e. The maximum absolute atomic E-state index is 12.4. The first-order chi connectivity index (χ1) is 12.6. The standard InChI is InChI=1S/C17H14ClNO5S3/c1-10-2-3-11(8-13(10)18)14-5-4-12(24-14)9-15-16(20)19(17(25)26-15)6-7-27(21,22)23/h2-5,8-9H,6-7H2,1H3,(H,21,22,23)/b15-9-. The number of rotatable bonds is 5. The van der Waals surface area contributed by atoms with Crippen LogP contribution in [-0.4, -0.2) is 40.4 Å². The fourth-order valence-corrected chi connectivity index (χ4v) is 4.24. The molecule has 0 bridgehead atoms. The van der Waals surface area contributed by atoms with Gasteiger partial charge in [-0.1, -0.05) is 47.7 Å². The van der Waals surface area contributed by atoms with Crippen molar-refractivity contribution < 1.29 is 22.2 Å². The number of hydrogen-bond donors (Lipinski definition) is 1. The minimum absolute atomic E-state index is 0.202. The van der Waals surface area contributed by atoms with E-state index in [1.54, 1.807) is 24.3 Å². The number of carbonyl (C=O) groups excluding carboxylic acids is 1. The third-order valence-electron chi connectivity index (χ3n) is 3.80. The summed E-state index contributed by atoms with van der Waals surface area (Å²) in [6.45, 7) is 1.70. The molecule has 0 unspecified atom stereocenters. The number of amides is 1.